The Morgan fingerprint density at radius 2 is 1.73 bits per heavy atom. The zero-order chi connectivity index (χ0) is 32.0. The van der Waals surface area contributed by atoms with Crippen molar-refractivity contribution < 1.29 is 49.9 Å². The Hall–Kier alpha value is -3.88. The summed E-state index contributed by atoms with van der Waals surface area (Å²) in [5.41, 5.74) is 0.688. The summed E-state index contributed by atoms with van der Waals surface area (Å²) in [7, 11) is -3.75. The van der Waals surface area contributed by atoms with Gasteiger partial charge in [-0.15, -0.1) is 0 Å². The molecule has 4 rings (SSSR count). The second kappa shape index (κ2) is 14.3. The second-order valence-electron chi connectivity index (χ2n) is 9.81. The first-order valence-electron chi connectivity index (χ1n) is 13.0. The molecule has 0 radical (unpaired) electrons. The molecule has 1 atom stereocenters. The highest BCUT2D eigenvalue weighted by atomic mass is 35.5. The molecule has 0 saturated heterocycles. The first-order valence-corrected chi connectivity index (χ1v) is 15.6. The number of ether oxygens (including phenoxy) is 3. The highest BCUT2D eigenvalue weighted by Crippen LogP contribution is 2.37. The van der Waals surface area contributed by atoms with E-state index in [1.165, 1.54) is 42.5 Å². The van der Waals surface area contributed by atoms with E-state index in [1.807, 2.05) is 0 Å². The van der Waals surface area contributed by atoms with Crippen LogP contribution in [-0.2, 0) is 26.1 Å². The second-order valence-corrected chi connectivity index (χ2v) is 12.2. The Balaban J connectivity index is 1.53. The van der Waals surface area contributed by atoms with E-state index in [4.69, 9.17) is 36.9 Å². The van der Waals surface area contributed by atoms with Gasteiger partial charge in [0, 0.05) is 17.5 Å². The van der Waals surface area contributed by atoms with Crippen LogP contribution in [0, 0.1) is 11.1 Å². The SMILES string of the molecule is CS(=O)(=O)Oc1ccc(C(=O)NCC(=O)O[C@@H](Cc2c(Cl)c[n+]([O-])cc2Cl)c2ccc(OC(F)F)c(OCC3CC3)c2)cc1. The fourth-order valence-corrected chi connectivity index (χ4v) is 5.01. The van der Waals surface area contributed by atoms with E-state index < -0.39 is 41.3 Å². The molecule has 44 heavy (non-hydrogen) atoms. The first kappa shape index (κ1) is 33.0. The number of hydrogen-bond donors (Lipinski definition) is 1. The van der Waals surface area contributed by atoms with Gasteiger partial charge < -0.3 is 28.9 Å². The molecule has 1 aliphatic rings. The Morgan fingerprint density at radius 3 is 2.32 bits per heavy atom. The van der Waals surface area contributed by atoms with E-state index in [9.17, 15) is 32.0 Å². The Labute approximate surface area is 261 Å². The quantitative estimate of drug-likeness (QED) is 0.112. The highest BCUT2D eigenvalue weighted by molar-refractivity contribution is 7.86. The molecule has 1 fully saturated rings. The highest BCUT2D eigenvalue weighted by Gasteiger charge is 2.26. The zero-order valence-corrected chi connectivity index (χ0v) is 25.3. The minimum atomic E-state index is -3.75. The van der Waals surface area contributed by atoms with E-state index in [-0.39, 0.29) is 51.4 Å². The molecular weight excluding hydrogens is 649 g/mol. The molecule has 16 heteroatoms. The monoisotopic (exact) mass is 674 g/mol. The summed E-state index contributed by atoms with van der Waals surface area (Å²) >= 11 is 12.5. The molecule has 1 heterocycles. The largest absolute Gasteiger partial charge is 0.619 e. The van der Waals surface area contributed by atoms with Crippen molar-refractivity contribution in [2.24, 2.45) is 5.92 Å². The van der Waals surface area contributed by atoms with Gasteiger partial charge in [-0.25, -0.2) is 0 Å². The fourth-order valence-electron chi connectivity index (χ4n) is 3.95. The molecule has 1 aromatic heterocycles. The number of halogens is 4. The van der Waals surface area contributed by atoms with Gasteiger partial charge in [-0.1, -0.05) is 29.3 Å². The predicted molar refractivity (Wildman–Crippen MR) is 153 cm³/mol. The fraction of sp³-hybridized carbons (Fsp3) is 0.321. The summed E-state index contributed by atoms with van der Waals surface area (Å²) in [5, 5.41) is 14.1. The number of hydrogen-bond acceptors (Lipinski definition) is 9. The number of aromatic nitrogens is 1. The van der Waals surface area contributed by atoms with Crippen LogP contribution in [0.1, 0.15) is 40.4 Å². The summed E-state index contributed by atoms with van der Waals surface area (Å²) in [6.07, 6.45) is 3.65. The summed E-state index contributed by atoms with van der Waals surface area (Å²) in [6, 6.07) is 9.20. The number of esters is 1. The van der Waals surface area contributed by atoms with Crippen molar-refractivity contribution in [2.45, 2.75) is 32.0 Å². The van der Waals surface area contributed by atoms with Crippen molar-refractivity contribution in [3.63, 3.8) is 0 Å². The van der Waals surface area contributed by atoms with Gasteiger partial charge >= 0.3 is 22.7 Å². The average molecular weight is 675 g/mol. The molecule has 1 saturated carbocycles. The maximum absolute atomic E-state index is 13.0. The Bertz CT molecular complexity index is 1600. The third-order valence-corrected chi connectivity index (χ3v) is 7.35. The lowest BCUT2D eigenvalue weighted by atomic mass is 10.0. The van der Waals surface area contributed by atoms with Gasteiger partial charge in [-0.3, -0.25) is 9.59 Å². The van der Waals surface area contributed by atoms with Crippen LogP contribution in [0.2, 0.25) is 10.0 Å². The van der Waals surface area contributed by atoms with E-state index >= 15 is 0 Å². The van der Waals surface area contributed by atoms with Crippen molar-refractivity contribution in [3.05, 3.63) is 86.8 Å². The molecule has 0 aliphatic heterocycles. The van der Waals surface area contributed by atoms with E-state index in [2.05, 4.69) is 10.1 Å². The lowest BCUT2D eigenvalue weighted by Crippen LogP contribution is -2.31. The normalized spacial score (nSPS) is 13.7. The first-order chi connectivity index (χ1) is 20.8. The van der Waals surface area contributed by atoms with Crippen LogP contribution in [0.4, 0.5) is 8.78 Å². The maximum atomic E-state index is 13.0. The van der Waals surface area contributed by atoms with Crippen molar-refractivity contribution in [3.8, 4) is 17.2 Å². The number of rotatable bonds is 14. The number of benzene rings is 2. The van der Waals surface area contributed by atoms with Gasteiger partial charge in [0.05, 0.1) is 12.9 Å². The summed E-state index contributed by atoms with van der Waals surface area (Å²) < 4.78 is 69.8. The lowest BCUT2D eigenvalue weighted by Gasteiger charge is -2.21. The number of nitrogens with zero attached hydrogens (tertiary/aromatic N) is 1. The van der Waals surface area contributed by atoms with Gasteiger partial charge in [-0.2, -0.15) is 21.9 Å². The van der Waals surface area contributed by atoms with E-state index in [0.29, 0.717) is 16.2 Å². The number of carbonyl (C=O) groups is 2. The maximum Gasteiger partial charge on any atom is 0.387 e. The van der Waals surface area contributed by atoms with E-state index in [0.717, 1.165) is 31.5 Å². The van der Waals surface area contributed by atoms with E-state index in [1.54, 1.807) is 0 Å². The molecule has 1 amide bonds. The standard InChI is InChI=1S/C28H26Cl2F2N2O9S/c1-44(38,39)43-19-7-4-17(5-8-19)27(36)33-12-26(35)41-24(11-20-21(29)13-34(37)14-22(20)30)18-6-9-23(42-28(31)32)25(10-18)40-15-16-2-3-16/h4-10,13-14,16,24,28H,2-3,11-12,15H2,1H3,(H,33,36)/t24-/m0/s1. The number of carbonyl (C=O) groups excluding carboxylic acids is 2. The van der Waals surface area contributed by atoms with Crippen LogP contribution in [0.3, 0.4) is 0 Å². The van der Waals surface area contributed by atoms with Gasteiger partial charge in [-0.05, 0) is 60.7 Å². The van der Waals surface area contributed by atoms with Crippen molar-refractivity contribution >= 4 is 45.2 Å². The van der Waals surface area contributed by atoms with Gasteiger partial charge in [0.2, 0.25) is 0 Å². The van der Waals surface area contributed by atoms with Crippen molar-refractivity contribution in [2.75, 3.05) is 19.4 Å². The van der Waals surface area contributed by atoms with Gasteiger partial charge in [0.25, 0.3) is 5.91 Å². The molecule has 0 unspecified atom stereocenters. The van der Waals surface area contributed by atoms with Crippen LogP contribution in [-0.4, -0.2) is 46.3 Å². The van der Waals surface area contributed by atoms with Crippen LogP contribution in [0.5, 0.6) is 17.2 Å². The van der Waals surface area contributed by atoms with Crippen LogP contribution in [0.25, 0.3) is 0 Å². The average Bonchev–Trinajstić information content (AvgIpc) is 3.76. The molecule has 0 bridgehead atoms. The predicted octanol–water partition coefficient (Wildman–Crippen LogP) is 4.61. The van der Waals surface area contributed by atoms with Gasteiger partial charge in [0.1, 0.15) is 28.4 Å². The van der Waals surface area contributed by atoms with Gasteiger partial charge in [0.15, 0.2) is 23.9 Å². The Kier molecular flexibility index (Phi) is 10.7. The van der Waals surface area contributed by atoms with Crippen LogP contribution < -0.4 is 23.7 Å². The molecule has 1 N–H and O–H groups in total. The van der Waals surface area contributed by atoms with Crippen molar-refractivity contribution in [1.82, 2.24) is 5.32 Å². The third-order valence-electron chi connectivity index (χ3n) is 6.21. The number of alkyl halides is 2. The van der Waals surface area contributed by atoms with Crippen LogP contribution >= 0.6 is 23.2 Å². The summed E-state index contributed by atoms with van der Waals surface area (Å²) in [6.45, 7) is -3.41. The summed E-state index contributed by atoms with van der Waals surface area (Å²) in [4.78, 5) is 25.5. The molecule has 0 spiro atoms. The summed E-state index contributed by atoms with van der Waals surface area (Å²) in [5.74, 6) is -1.46. The van der Waals surface area contributed by atoms with Crippen molar-refractivity contribution in [1.29, 1.82) is 0 Å². The topological polar surface area (TPSA) is 144 Å². The molecule has 3 aromatic rings. The van der Waals surface area contributed by atoms with Crippen LogP contribution in [0.15, 0.2) is 54.9 Å². The number of nitrogens with one attached hydrogen (secondary N) is 1. The minimum Gasteiger partial charge on any atom is -0.619 e. The third kappa shape index (κ3) is 9.82. The molecular formula is C28H26Cl2F2N2O9S. The lowest BCUT2D eigenvalue weighted by molar-refractivity contribution is -0.605. The Morgan fingerprint density at radius 1 is 1.07 bits per heavy atom. The molecule has 2 aromatic carbocycles. The zero-order valence-electron chi connectivity index (χ0n) is 23.0. The number of pyridine rings is 1. The minimum absolute atomic E-state index is 0.00233. The molecule has 236 valence electrons. The smallest absolute Gasteiger partial charge is 0.387 e. The molecule has 1 aliphatic carbocycles. The molecule has 11 nitrogen and oxygen atoms in total. The number of amides is 1.